The van der Waals surface area contributed by atoms with Crippen LogP contribution in [0.1, 0.15) is 33.6 Å². The molecule has 0 aliphatic rings. The van der Waals surface area contributed by atoms with Crippen molar-refractivity contribution in [2.45, 2.75) is 39.7 Å². The van der Waals surface area contributed by atoms with Gasteiger partial charge in [-0.05, 0) is 19.3 Å². The standard InChI is InChI=1S/C10H22O2/c1-5-9(2)6-7-12-10(3)8-11-4/h9-10H,5-8H2,1-4H3. The monoisotopic (exact) mass is 174 g/mol. The van der Waals surface area contributed by atoms with E-state index in [2.05, 4.69) is 13.8 Å². The maximum atomic E-state index is 5.53. The van der Waals surface area contributed by atoms with Crippen LogP contribution in [0, 0.1) is 5.92 Å². The fraction of sp³-hybridized carbons (Fsp3) is 1.00. The average molecular weight is 174 g/mol. The minimum atomic E-state index is 0.235. The molecule has 0 radical (unpaired) electrons. The first-order valence-corrected chi connectivity index (χ1v) is 4.81. The maximum Gasteiger partial charge on any atom is 0.0780 e. The van der Waals surface area contributed by atoms with Gasteiger partial charge in [0.2, 0.25) is 0 Å². The molecule has 0 saturated heterocycles. The van der Waals surface area contributed by atoms with Crippen LogP contribution in [-0.4, -0.2) is 26.4 Å². The second-order valence-corrected chi connectivity index (χ2v) is 3.44. The Kier molecular flexibility index (Phi) is 7.51. The van der Waals surface area contributed by atoms with E-state index in [1.54, 1.807) is 7.11 Å². The van der Waals surface area contributed by atoms with Gasteiger partial charge in [-0.15, -0.1) is 0 Å². The summed E-state index contributed by atoms with van der Waals surface area (Å²) >= 11 is 0. The summed E-state index contributed by atoms with van der Waals surface area (Å²) in [6, 6.07) is 0. The van der Waals surface area contributed by atoms with Crippen molar-refractivity contribution in [1.82, 2.24) is 0 Å². The van der Waals surface area contributed by atoms with E-state index < -0.39 is 0 Å². The summed E-state index contributed by atoms with van der Waals surface area (Å²) in [4.78, 5) is 0. The van der Waals surface area contributed by atoms with Crippen LogP contribution in [0.5, 0.6) is 0 Å². The molecule has 0 heterocycles. The van der Waals surface area contributed by atoms with Crippen molar-refractivity contribution >= 4 is 0 Å². The molecule has 0 bridgehead atoms. The number of rotatable bonds is 7. The van der Waals surface area contributed by atoms with Gasteiger partial charge >= 0.3 is 0 Å². The van der Waals surface area contributed by atoms with Gasteiger partial charge in [-0.1, -0.05) is 20.3 Å². The predicted molar refractivity (Wildman–Crippen MR) is 51.4 cm³/mol. The lowest BCUT2D eigenvalue weighted by Gasteiger charge is -2.13. The van der Waals surface area contributed by atoms with Gasteiger partial charge in [-0.2, -0.15) is 0 Å². The molecule has 0 spiro atoms. The van der Waals surface area contributed by atoms with E-state index in [1.807, 2.05) is 6.92 Å². The van der Waals surface area contributed by atoms with Crippen molar-refractivity contribution < 1.29 is 9.47 Å². The highest BCUT2D eigenvalue weighted by atomic mass is 16.5. The van der Waals surface area contributed by atoms with Crippen molar-refractivity contribution in [3.63, 3.8) is 0 Å². The molecule has 12 heavy (non-hydrogen) atoms. The molecule has 2 nitrogen and oxygen atoms in total. The molecule has 0 saturated carbocycles. The third-order valence-corrected chi connectivity index (χ3v) is 2.11. The van der Waals surface area contributed by atoms with E-state index in [-0.39, 0.29) is 6.10 Å². The molecule has 0 N–H and O–H groups in total. The maximum absolute atomic E-state index is 5.53. The Labute approximate surface area is 76.3 Å². The van der Waals surface area contributed by atoms with Gasteiger partial charge in [0.05, 0.1) is 12.7 Å². The van der Waals surface area contributed by atoms with Crippen molar-refractivity contribution in [3.8, 4) is 0 Å². The van der Waals surface area contributed by atoms with Crippen LogP contribution in [0.3, 0.4) is 0 Å². The molecule has 0 aliphatic heterocycles. The molecule has 0 aromatic rings. The Morgan fingerprint density at radius 1 is 1.25 bits per heavy atom. The van der Waals surface area contributed by atoms with Gasteiger partial charge in [0, 0.05) is 13.7 Å². The fourth-order valence-corrected chi connectivity index (χ4v) is 0.957. The molecule has 0 aromatic heterocycles. The summed E-state index contributed by atoms with van der Waals surface area (Å²) in [5.74, 6) is 0.778. The lowest BCUT2D eigenvalue weighted by molar-refractivity contribution is 0.00444. The van der Waals surface area contributed by atoms with Crippen molar-refractivity contribution in [1.29, 1.82) is 0 Å². The summed E-state index contributed by atoms with van der Waals surface area (Å²) in [5.41, 5.74) is 0. The molecular formula is C10H22O2. The molecule has 0 amide bonds. The third-order valence-electron chi connectivity index (χ3n) is 2.11. The second-order valence-electron chi connectivity index (χ2n) is 3.44. The van der Waals surface area contributed by atoms with Gasteiger partial charge in [0.1, 0.15) is 0 Å². The topological polar surface area (TPSA) is 18.5 Å². The normalized spacial score (nSPS) is 16.0. The van der Waals surface area contributed by atoms with Crippen LogP contribution >= 0.6 is 0 Å². The van der Waals surface area contributed by atoms with Crippen molar-refractivity contribution in [2.75, 3.05) is 20.3 Å². The highest BCUT2D eigenvalue weighted by Gasteiger charge is 2.02. The number of hydrogen-bond donors (Lipinski definition) is 0. The van der Waals surface area contributed by atoms with E-state index in [9.17, 15) is 0 Å². The van der Waals surface area contributed by atoms with Crippen LogP contribution in [0.15, 0.2) is 0 Å². The first kappa shape index (κ1) is 11.9. The molecule has 74 valence electrons. The van der Waals surface area contributed by atoms with E-state index in [0.29, 0.717) is 6.61 Å². The van der Waals surface area contributed by atoms with Crippen molar-refractivity contribution in [2.24, 2.45) is 5.92 Å². The lowest BCUT2D eigenvalue weighted by atomic mass is 10.1. The molecule has 0 rings (SSSR count). The fourth-order valence-electron chi connectivity index (χ4n) is 0.957. The molecule has 0 aliphatic carbocycles. The molecular weight excluding hydrogens is 152 g/mol. The first-order valence-electron chi connectivity index (χ1n) is 4.81. The molecule has 2 heteroatoms. The highest BCUT2D eigenvalue weighted by molar-refractivity contribution is 4.51. The predicted octanol–water partition coefficient (Wildman–Crippen LogP) is 2.47. The molecule has 0 fully saturated rings. The molecule has 2 unspecified atom stereocenters. The van der Waals surface area contributed by atoms with E-state index >= 15 is 0 Å². The summed E-state index contributed by atoms with van der Waals surface area (Å²) in [6.07, 6.45) is 2.63. The van der Waals surface area contributed by atoms with Crippen LogP contribution in [-0.2, 0) is 9.47 Å². The minimum absolute atomic E-state index is 0.235. The van der Waals surface area contributed by atoms with Gasteiger partial charge < -0.3 is 9.47 Å². The molecule has 2 atom stereocenters. The van der Waals surface area contributed by atoms with E-state index in [0.717, 1.165) is 18.9 Å². The summed E-state index contributed by atoms with van der Waals surface area (Å²) in [5, 5.41) is 0. The zero-order chi connectivity index (χ0) is 9.40. The minimum Gasteiger partial charge on any atom is -0.382 e. The van der Waals surface area contributed by atoms with Gasteiger partial charge in [0.25, 0.3) is 0 Å². The largest absolute Gasteiger partial charge is 0.382 e. The number of methoxy groups -OCH3 is 1. The molecule has 0 aromatic carbocycles. The number of hydrogen-bond acceptors (Lipinski definition) is 2. The SMILES string of the molecule is CCC(C)CCOC(C)COC. The van der Waals surface area contributed by atoms with Gasteiger partial charge in [-0.25, -0.2) is 0 Å². The van der Waals surface area contributed by atoms with Gasteiger partial charge in [-0.3, -0.25) is 0 Å². The van der Waals surface area contributed by atoms with Gasteiger partial charge in [0.15, 0.2) is 0 Å². The summed E-state index contributed by atoms with van der Waals surface area (Å²) in [7, 11) is 1.70. The van der Waals surface area contributed by atoms with Crippen LogP contribution in [0.25, 0.3) is 0 Å². The van der Waals surface area contributed by atoms with Crippen LogP contribution in [0.2, 0.25) is 0 Å². The van der Waals surface area contributed by atoms with E-state index in [4.69, 9.17) is 9.47 Å². The highest BCUT2D eigenvalue weighted by Crippen LogP contribution is 2.06. The number of ether oxygens (including phenoxy) is 2. The van der Waals surface area contributed by atoms with Crippen molar-refractivity contribution in [3.05, 3.63) is 0 Å². The zero-order valence-electron chi connectivity index (χ0n) is 8.80. The van der Waals surface area contributed by atoms with Crippen LogP contribution < -0.4 is 0 Å². The second kappa shape index (κ2) is 7.56. The smallest absolute Gasteiger partial charge is 0.0780 e. The van der Waals surface area contributed by atoms with Crippen LogP contribution in [0.4, 0.5) is 0 Å². The Bertz CT molecular complexity index is 93.8. The lowest BCUT2D eigenvalue weighted by Crippen LogP contribution is -2.16. The first-order chi connectivity index (χ1) is 5.70. The average Bonchev–Trinajstić information content (AvgIpc) is 2.04. The Balaban J connectivity index is 3.18. The Morgan fingerprint density at radius 2 is 1.92 bits per heavy atom. The summed E-state index contributed by atoms with van der Waals surface area (Å²) < 4.78 is 10.5. The van der Waals surface area contributed by atoms with E-state index in [1.165, 1.54) is 6.42 Å². The Hall–Kier alpha value is -0.0800. The summed E-state index contributed by atoms with van der Waals surface area (Å²) in [6.45, 7) is 8.06. The quantitative estimate of drug-likeness (QED) is 0.590. The third kappa shape index (κ3) is 6.62. The Morgan fingerprint density at radius 3 is 2.42 bits per heavy atom. The zero-order valence-corrected chi connectivity index (χ0v) is 8.80.